The minimum Gasteiger partial charge on any atom is -0.423 e. The quantitative estimate of drug-likeness (QED) is 0.0409. The average molecular weight is 872 g/mol. The van der Waals surface area contributed by atoms with Crippen molar-refractivity contribution in [2.45, 2.75) is 78.1 Å². The van der Waals surface area contributed by atoms with Crippen LogP contribution in [-0.2, 0) is 12.8 Å². The minimum absolute atomic E-state index is 0.00755. The van der Waals surface area contributed by atoms with E-state index in [0.29, 0.717) is 11.1 Å². The number of esters is 5. The van der Waals surface area contributed by atoms with Crippen molar-refractivity contribution in [2.24, 2.45) is 0 Å². The highest BCUT2D eigenvalue weighted by molar-refractivity contribution is 5.95. The van der Waals surface area contributed by atoms with Gasteiger partial charge in [0.1, 0.15) is 29.1 Å². The molecule has 0 amide bonds. The molecule has 0 bridgehead atoms. The molecule has 0 aliphatic carbocycles. The summed E-state index contributed by atoms with van der Waals surface area (Å²) in [5.41, 5.74) is 3.60. The molecule has 0 unspecified atom stereocenters. The summed E-state index contributed by atoms with van der Waals surface area (Å²) in [7, 11) is 0. The van der Waals surface area contributed by atoms with E-state index in [1.807, 2.05) is 30.3 Å². The summed E-state index contributed by atoms with van der Waals surface area (Å²) in [6, 6.07) is 37.9. The van der Waals surface area contributed by atoms with Crippen LogP contribution in [0, 0.1) is 11.3 Å². The molecule has 6 aromatic carbocycles. The van der Waals surface area contributed by atoms with E-state index in [0.717, 1.165) is 37.7 Å². The highest BCUT2D eigenvalue weighted by atomic mass is 16.6. The molecule has 11 heteroatoms. The second-order valence-electron chi connectivity index (χ2n) is 15.3. The van der Waals surface area contributed by atoms with Crippen LogP contribution < -0.4 is 23.7 Å². The number of aryl methyl sites for hydroxylation is 2. The van der Waals surface area contributed by atoms with E-state index < -0.39 is 29.8 Å². The van der Waals surface area contributed by atoms with E-state index in [1.54, 1.807) is 24.3 Å². The van der Waals surface area contributed by atoms with Crippen LogP contribution >= 0.6 is 0 Å². The van der Waals surface area contributed by atoms with Gasteiger partial charge in [0, 0.05) is 6.07 Å². The summed E-state index contributed by atoms with van der Waals surface area (Å²) >= 11 is 0. The first-order valence-corrected chi connectivity index (χ1v) is 21.8. The van der Waals surface area contributed by atoms with E-state index >= 15 is 0 Å². The molecule has 6 aromatic rings. The SMILES string of the molecule is CCCCCCCCc1ccc(C(=O)Oc2ccc(C(=O)Oc3ccc(C#N)c(OC(=O)c4ccc(OC(=O)c5ccc(OC(=O)c6ccc(CCCC)cc6)cc5)cc4)c3)cc2)cc1. The highest BCUT2D eigenvalue weighted by Crippen LogP contribution is 2.27. The molecule has 65 heavy (non-hydrogen) atoms. The molecule has 0 saturated carbocycles. The van der Waals surface area contributed by atoms with E-state index in [9.17, 15) is 29.2 Å². The Morgan fingerprint density at radius 2 is 0.708 bits per heavy atom. The number of nitriles is 1. The molecule has 0 N–H and O–H groups in total. The van der Waals surface area contributed by atoms with Crippen LogP contribution in [-0.4, -0.2) is 29.8 Å². The van der Waals surface area contributed by atoms with Crippen molar-refractivity contribution in [1.82, 2.24) is 0 Å². The monoisotopic (exact) mass is 871 g/mol. The van der Waals surface area contributed by atoms with Crippen LogP contribution in [0.25, 0.3) is 0 Å². The molecule has 0 spiro atoms. The molecular formula is C54H49NO10. The van der Waals surface area contributed by atoms with Gasteiger partial charge in [-0.25, -0.2) is 24.0 Å². The van der Waals surface area contributed by atoms with Gasteiger partial charge in [-0.05, 0) is 146 Å². The molecule has 0 aromatic heterocycles. The summed E-state index contributed by atoms with van der Waals surface area (Å²) in [5.74, 6) is -2.78. The first kappa shape index (κ1) is 46.7. The predicted octanol–water partition coefficient (Wildman–Crippen LogP) is 11.9. The van der Waals surface area contributed by atoms with Gasteiger partial charge in [-0.3, -0.25) is 0 Å². The second-order valence-corrected chi connectivity index (χ2v) is 15.3. The topological polar surface area (TPSA) is 155 Å². The van der Waals surface area contributed by atoms with Crippen LogP contribution in [0.5, 0.6) is 28.7 Å². The third-order valence-electron chi connectivity index (χ3n) is 10.4. The summed E-state index contributed by atoms with van der Waals surface area (Å²) in [4.78, 5) is 64.4. The lowest BCUT2D eigenvalue weighted by atomic mass is 10.0. The Morgan fingerprint density at radius 3 is 1.11 bits per heavy atom. The summed E-state index contributed by atoms with van der Waals surface area (Å²) < 4.78 is 27.5. The Kier molecular flexibility index (Phi) is 16.9. The van der Waals surface area contributed by atoms with Gasteiger partial charge in [0.15, 0.2) is 5.75 Å². The molecule has 0 saturated heterocycles. The van der Waals surface area contributed by atoms with Crippen molar-refractivity contribution in [3.05, 3.63) is 184 Å². The summed E-state index contributed by atoms with van der Waals surface area (Å²) in [6.45, 7) is 4.33. The average Bonchev–Trinajstić information content (AvgIpc) is 3.33. The van der Waals surface area contributed by atoms with Crippen molar-refractivity contribution in [1.29, 1.82) is 5.26 Å². The number of ether oxygens (including phenoxy) is 5. The Balaban J connectivity index is 0.973. The second kappa shape index (κ2) is 23.6. The highest BCUT2D eigenvalue weighted by Gasteiger charge is 2.18. The zero-order valence-electron chi connectivity index (χ0n) is 36.4. The Bertz CT molecular complexity index is 2610. The van der Waals surface area contributed by atoms with Gasteiger partial charge in [-0.15, -0.1) is 0 Å². The number of benzene rings is 6. The fourth-order valence-electron chi connectivity index (χ4n) is 6.65. The molecule has 0 radical (unpaired) electrons. The Hall–Kier alpha value is -7.84. The van der Waals surface area contributed by atoms with Gasteiger partial charge in [0.2, 0.25) is 0 Å². The largest absolute Gasteiger partial charge is 0.423 e. The van der Waals surface area contributed by atoms with Crippen molar-refractivity contribution in [3.63, 3.8) is 0 Å². The summed E-state index contributed by atoms with van der Waals surface area (Å²) in [6.07, 6.45) is 11.4. The number of hydrogen-bond acceptors (Lipinski definition) is 11. The lowest BCUT2D eigenvalue weighted by Gasteiger charge is -2.10. The fourth-order valence-corrected chi connectivity index (χ4v) is 6.65. The number of carbonyl (C=O) groups excluding carboxylic acids is 5. The third-order valence-corrected chi connectivity index (χ3v) is 10.4. The number of hydrogen-bond donors (Lipinski definition) is 0. The molecule has 330 valence electrons. The van der Waals surface area contributed by atoms with E-state index in [4.69, 9.17) is 23.7 Å². The maximum atomic E-state index is 13.1. The van der Waals surface area contributed by atoms with Gasteiger partial charge in [-0.1, -0.05) is 76.6 Å². The molecule has 11 nitrogen and oxygen atoms in total. The lowest BCUT2D eigenvalue weighted by Crippen LogP contribution is -2.12. The number of unbranched alkanes of at least 4 members (excludes halogenated alkanes) is 6. The van der Waals surface area contributed by atoms with Crippen molar-refractivity contribution in [3.8, 4) is 34.8 Å². The van der Waals surface area contributed by atoms with Gasteiger partial charge < -0.3 is 23.7 Å². The van der Waals surface area contributed by atoms with Crippen LogP contribution in [0.15, 0.2) is 140 Å². The van der Waals surface area contributed by atoms with Gasteiger partial charge >= 0.3 is 29.8 Å². The Morgan fingerprint density at radius 1 is 0.385 bits per heavy atom. The fraction of sp³-hybridized carbons (Fsp3) is 0.222. The van der Waals surface area contributed by atoms with E-state index in [-0.39, 0.29) is 51.0 Å². The number of rotatable bonds is 20. The Labute approximate surface area is 378 Å². The standard InChI is InChI=1S/C54H49NO10/c1-3-5-7-8-9-10-12-38-15-19-40(20-16-38)51(57)62-46-30-23-42(24-31-46)53(59)64-48-34-27-44(36-55)49(35-48)65-54(60)43-25-32-47(33-26-43)63-52(58)41-21-28-45(29-22-41)61-50(56)39-17-13-37(14-18-39)11-6-4-2/h13-35H,3-12H2,1-2H3. The lowest BCUT2D eigenvalue weighted by molar-refractivity contribution is 0.0718. The number of nitrogens with zero attached hydrogens (tertiary/aromatic N) is 1. The first-order valence-electron chi connectivity index (χ1n) is 21.8. The third kappa shape index (κ3) is 13.8. The zero-order chi connectivity index (χ0) is 46.0. The maximum absolute atomic E-state index is 13.1. The predicted molar refractivity (Wildman–Crippen MR) is 244 cm³/mol. The zero-order valence-corrected chi connectivity index (χ0v) is 36.4. The molecule has 0 fully saturated rings. The molecule has 0 aliphatic heterocycles. The molecule has 0 heterocycles. The van der Waals surface area contributed by atoms with E-state index in [1.165, 1.54) is 129 Å². The summed E-state index contributed by atoms with van der Waals surface area (Å²) in [5, 5.41) is 9.68. The first-order chi connectivity index (χ1) is 31.6. The molecule has 6 rings (SSSR count). The number of carbonyl (C=O) groups is 5. The smallest absolute Gasteiger partial charge is 0.343 e. The van der Waals surface area contributed by atoms with Crippen LogP contribution in [0.3, 0.4) is 0 Å². The van der Waals surface area contributed by atoms with Crippen LogP contribution in [0.2, 0.25) is 0 Å². The maximum Gasteiger partial charge on any atom is 0.343 e. The van der Waals surface area contributed by atoms with Crippen LogP contribution in [0.4, 0.5) is 0 Å². The van der Waals surface area contributed by atoms with Crippen molar-refractivity contribution < 1.29 is 47.7 Å². The molecular weight excluding hydrogens is 823 g/mol. The van der Waals surface area contributed by atoms with Gasteiger partial charge in [0.25, 0.3) is 0 Å². The molecule has 0 aliphatic rings. The normalized spacial score (nSPS) is 10.6. The van der Waals surface area contributed by atoms with Gasteiger partial charge in [0.05, 0.1) is 33.4 Å². The molecule has 0 atom stereocenters. The van der Waals surface area contributed by atoms with Gasteiger partial charge in [-0.2, -0.15) is 5.26 Å². The van der Waals surface area contributed by atoms with Crippen LogP contribution in [0.1, 0.15) is 134 Å². The van der Waals surface area contributed by atoms with Crippen molar-refractivity contribution in [2.75, 3.05) is 0 Å². The van der Waals surface area contributed by atoms with E-state index in [2.05, 4.69) is 13.8 Å². The minimum atomic E-state index is -0.824. The van der Waals surface area contributed by atoms with Crippen molar-refractivity contribution >= 4 is 29.8 Å².